The van der Waals surface area contributed by atoms with Crippen molar-refractivity contribution in [2.45, 2.75) is 25.9 Å². The highest BCUT2D eigenvalue weighted by molar-refractivity contribution is 5.74. The van der Waals surface area contributed by atoms with Crippen LogP contribution in [0, 0.1) is 0 Å². The average molecular weight is 345 g/mol. The molecule has 8 nitrogen and oxygen atoms in total. The summed E-state index contributed by atoms with van der Waals surface area (Å²) in [6, 6.07) is 1.19. The summed E-state index contributed by atoms with van der Waals surface area (Å²) < 4.78 is 3.30. The average Bonchev–Trinajstić information content (AvgIpc) is 2.92. The van der Waals surface area contributed by atoms with E-state index >= 15 is 0 Å². The summed E-state index contributed by atoms with van der Waals surface area (Å²) in [4.78, 5) is 24.4. The first-order valence-electron chi connectivity index (χ1n) is 9.07. The van der Waals surface area contributed by atoms with Crippen molar-refractivity contribution in [3.05, 3.63) is 16.6 Å². The Morgan fingerprint density at radius 3 is 2.44 bits per heavy atom. The Morgan fingerprint density at radius 1 is 1.12 bits per heavy atom. The van der Waals surface area contributed by atoms with E-state index in [4.69, 9.17) is 0 Å². The van der Waals surface area contributed by atoms with E-state index in [1.807, 2.05) is 7.05 Å². The molecule has 2 saturated heterocycles. The molecule has 0 bridgehead atoms. The number of hydrogen-bond donors (Lipinski definition) is 0. The summed E-state index contributed by atoms with van der Waals surface area (Å²) in [7, 11) is 3.61. The van der Waals surface area contributed by atoms with Gasteiger partial charge in [-0.05, 0) is 13.8 Å². The van der Waals surface area contributed by atoms with Gasteiger partial charge in [-0.2, -0.15) is 10.1 Å². The topological polar surface area (TPSA) is 62.4 Å². The largest absolute Gasteiger partial charge is 0.339 e. The Hall–Kier alpha value is -1.93. The number of aromatic nitrogens is 4. The summed E-state index contributed by atoms with van der Waals surface area (Å²) in [6.45, 7) is 10.9. The summed E-state index contributed by atoms with van der Waals surface area (Å²) in [6.07, 6.45) is 1.74. The Kier molecular flexibility index (Phi) is 4.04. The predicted molar refractivity (Wildman–Crippen MR) is 98.0 cm³/mol. The van der Waals surface area contributed by atoms with Gasteiger partial charge in [-0.3, -0.25) is 23.8 Å². The molecule has 136 valence electrons. The fourth-order valence-corrected chi connectivity index (χ4v) is 3.90. The van der Waals surface area contributed by atoms with Gasteiger partial charge in [-0.1, -0.05) is 0 Å². The van der Waals surface area contributed by atoms with Crippen LogP contribution in [0.15, 0.2) is 11.0 Å². The fourth-order valence-electron chi connectivity index (χ4n) is 3.90. The molecular weight excluding hydrogens is 318 g/mol. The molecular formula is C17H27N7O. The van der Waals surface area contributed by atoms with Crippen LogP contribution in [0.3, 0.4) is 0 Å². The molecule has 4 rings (SSSR count). The Morgan fingerprint density at radius 2 is 1.80 bits per heavy atom. The van der Waals surface area contributed by atoms with Gasteiger partial charge in [0, 0.05) is 71.6 Å². The van der Waals surface area contributed by atoms with Crippen LogP contribution in [0.1, 0.15) is 13.8 Å². The van der Waals surface area contributed by atoms with Gasteiger partial charge in [0.05, 0.1) is 0 Å². The maximum absolute atomic E-state index is 12.5. The summed E-state index contributed by atoms with van der Waals surface area (Å²) in [5.74, 6) is 0.730. The van der Waals surface area contributed by atoms with Crippen molar-refractivity contribution in [2.24, 2.45) is 14.1 Å². The molecule has 2 fully saturated rings. The maximum atomic E-state index is 12.5. The highest BCUT2D eigenvalue weighted by Crippen LogP contribution is 2.23. The normalized spacial score (nSPS) is 20.6. The van der Waals surface area contributed by atoms with Gasteiger partial charge in [-0.25, -0.2) is 0 Å². The fraction of sp³-hybridized carbons (Fsp3) is 0.706. The molecule has 2 aliphatic heterocycles. The lowest BCUT2D eigenvalue weighted by atomic mass is 10.1. The molecule has 0 unspecified atom stereocenters. The number of fused-ring (bicyclic) bond motifs is 1. The highest BCUT2D eigenvalue weighted by atomic mass is 16.1. The van der Waals surface area contributed by atoms with E-state index in [2.05, 4.69) is 38.6 Å². The third-order valence-electron chi connectivity index (χ3n) is 5.59. The molecule has 0 saturated carbocycles. The van der Waals surface area contributed by atoms with Crippen molar-refractivity contribution in [3.8, 4) is 0 Å². The first-order valence-corrected chi connectivity index (χ1v) is 9.07. The molecule has 0 N–H and O–H groups in total. The van der Waals surface area contributed by atoms with Crippen LogP contribution in [-0.4, -0.2) is 80.5 Å². The van der Waals surface area contributed by atoms with Crippen LogP contribution in [0.4, 0.5) is 5.95 Å². The third kappa shape index (κ3) is 2.83. The van der Waals surface area contributed by atoms with Crippen LogP contribution in [0.5, 0.6) is 0 Å². The van der Waals surface area contributed by atoms with Crippen LogP contribution in [-0.2, 0) is 14.1 Å². The van der Waals surface area contributed by atoms with Crippen molar-refractivity contribution in [2.75, 3.05) is 44.2 Å². The van der Waals surface area contributed by atoms with E-state index in [1.54, 1.807) is 22.5 Å². The van der Waals surface area contributed by atoms with Gasteiger partial charge in [0.25, 0.3) is 5.56 Å². The molecule has 2 aromatic heterocycles. The minimum absolute atomic E-state index is 0.0258. The quantitative estimate of drug-likeness (QED) is 0.773. The molecule has 8 heteroatoms. The Bertz CT molecular complexity index is 825. The van der Waals surface area contributed by atoms with Crippen molar-refractivity contribution < 1.29 is 0 Å². The lowest BCUT2D eigenvalue weighted by Gasteiger charge is -2.49. The van der Waals surface area contributed by atoms with Crippen LogP contribution in [0.2, 0.25) is 0 Å². The summed E-state index contributed by atoms with van der Waals surface area (Å²) in [5, 5.41) is 4.88. The molecule has 0 radical (unpaired) electrons. The van der Waals surface area contributed by atoms with Gasteiger partial charge in [0.15, 0.2) is 5.65 Å². The molecule has 0 aromatic carbocycles. The molecule has 0 spiro atoms. The lowest BCUT2D eigenvalue weighted by molar-refractivity contribution is 0.0672. The van der Waals surface area contributed by atoms with Gasteiger partial charge in [0.1, 0.15) is 5.39 Å². The van der Waals surface area contributed by atoms with Crippen molar-refractivity contribution in [1.82, 2.24) is 29.1 Å². The van der Waals surface area contributed by atoms with Crippen molar-refractivity contribution in [3.63, 3.8) is 0 Å². The monoisotopic (exact) mass is 345 g/mol. The van der Waals surface area contributed by atoms with E-state index in [-0.39, 0.29) is 5.56 Å². The zero-order valence-electron chi connectivity index (χ0n) is 15.5. The third-order valence-corrected chi connectivity index (χ3v) is 5.59. The Balaban J connectivity index is 1.45. The molecule has 0 atom stereocenters. The number of rotatable bonds is 3. The zero-order valence-corrected chi connectivity index (χ0v) is 15.5. The zero-order chi connectivity index (χ0) is 17.7. The smallest absolute Gasteiger partial charge is 0.265 e. The van der Waals surface area contributed by atoms with Crippen LogP contribution in [0.25, 0.3) is 11.0 Å². The lowest BCUT2D eigenvalue weighted by Crippen LogP contribution is -2.64. The number of aryl methyl sites for hydroxylation is 1. The van der Waals surface area contributed by atoms with Gasteiger partial charge in [0.2, 0.25) is 5.95 Å². The van der Waals surface area contributed by atoms with Crippen molar-refractivity contribution in [1.29, 1.82) is 0 Å². The Labute approximate surface area is 147 Å². The molecule has 0 amide bonds. The van der Waals surface area contributed by atoms with E-state index in [0.717, 1.165) is 45.2 Å². The van der Waals surface area contributed by atoms with E-state index in [0.29, 0.717) is 23.1 Å². The van der Waals surface area contributed by atoms with Gasteiger partial charge >= 0.3 is 0 Å². The molecule has 2 aliphatic rings. The number of hydrogen-bond acceptors (Lipinski definition) is 6. The first-order chi connectivity index (χ1) is 11.9. The van der Waals surface area contributed by atoms with E-state index in [9.17, 15) is 4.79 Å². The second kappa shape index (κ2) is 6.10. The minimum atomic E-state index is -0.0258. The first kappa shape index (κ1) is 16.5. The summed E-state index contributed by atoms with van der Waals surface area (Å²) in [5.41, 5.74) is 0.511. The van der Waals surface area contributed by atoms with Crippen LogP contribution < -0.4 is 10.5 Å². The number of anilines is 1. The second-order valence-electron chi connectivity index (χ2n) is 7.54. The standard InChI is InChI=1S/C17H27N7O/c1-12(2)22-5-7-23(8-6-22)13-9-24(10-13)17-18-15-14(11-20(3)19-15)16(25)21(17)4/h11-13H,5-10H2,1-4H3. The van der Waals surface area contributed by atoms with E-state index in [1.165, 1.54) is 0 Å². The van der Waals surface area contributed by atoms with Gasteiger partial charge in [-0.15, -0.1) is 0 Å². The maximum Gasteiger partial charge on any atom is 0.265 e. The molecule has 2 aromatic rings. The van der Waals surface area contributed by atoms with Crippen molar-refractivity contribution >= 4 is 17.0 Å². The number of nitrogens with zero attached hydrogens (tertiary/aromatic N) is 7. The molecule has 25 heavy (non-hydrogen) atoms. The number of piperazine rings is 1. The van der Waals surface area contributed by atoms with Crippen LogP contribution >= 0.6 is 0 Å². The van der Waals surface area contributed by atoms with E-state index < -0.39 is 0 Å². The second-order valence-corrected chi connectivity index (χ2v) is 7.54. The summed E-state index contributed by atoms with van der Waals surface area (Å²) >= 11 is 0. The molecule has 0 aliphatic carbocycles. The predicted octanol–water partition coefficient (Wildman–Crippen LogP) is -0.118. The SMILES string of the molecule is CC(C)N1CCN(C2CN(c3nc4nn(C)cc4c(=O)n3C)C2)CC1. The minimum Gasteiger partial charge on any atom is -0.339 e. The molecule has 4 heterocycles. The van der Waals surface area contributed by atoms with Gasteiger partial charge < -0.3 is 4.90 Å². The highest BCUT2D eigenvalue weighted by Gasteiger charge is 2.35.